The summed E-state index contributed by atoms with van der Waals surface area (Å²) in [6.07, 6.45) is 2.24. The summed E-state index contributed by atoms with van der Waals surface area (Å²) >= 11 is 0. The molecule has 8 nitrogen and oxygen atoms in total. The summed E-state index contributed by atoms with van der Waals surface area (Å²) in [6.45, 7) is 1.99. The second kappa shape index (κ2) is 6.34. The number of hydrogen-bond donors (Lipinski definition) is 3. The Labute approximate surface area is 160 Å². The van der Waals surface area contributed by atoms with E-state index < -0.39 is 0 Å². The molecule has 5 rings (SSSR count). The van der Waals surface area contributed by atoms with Gasteiger partial charge in [-0.3, -0.25) is 9.89 Å². The molecule has 1 aromatic carbocycles. The molecule has 0 spiro atoms. The second-order valence-corrected chi connectivity index (χ2v) is 6.67. The Bertz CT molecular complexity index is 1370. The van der Waals surface area contributed by atoms with Gasteiger partial charge in [0.2, 0.25) is 11.5 Å². The fourth-order valence-electron chi connectivity index (χ4n) is 3.31. The van der Waals surface area contributed by atoms with E-state index in [0.717, 1.165) is 39.2 Å². The number of benzene rings is 1. The van der Waals surface area contributed by atoms with Crippen LogP contribution in [0.1, 0.15) is 18.4 Å². The summed E-state index contributed by atoms with van der Waals surface area (Å²) < 4.78 is 1.79. The first kappa shape index (κ1) is 16.2. The average molecular weight is 373 g/mol. The van der Waals surface area contributed by atoms with E-state index in [4.69, 9.17) is 0 Å². The quantitative estimate of drug-likeness (QED) is 0.449. The third-order valence-electron chi connectivity index (χ3n) is 4.66. The first-order chi connectivity index (χ1) is 13.7. The maximum Gasteiger partial charge on any atom is 0.248 e. The molecule has 8 heteroatoms. The van der Waals surface area contributed by atoms with Crippen LogP contribution in [0.15, 0.2) is 59.5 Å². The summed E-state index contributed by atoms with van der Waals surface area (Å²) in [5.41, 5.74) is 5.28. The number of fused-ring (bicyclic) bond motifs is 2. The Hall–Kier alpha value is -3.94. The van der Waals surface area contributed by atoms with Crippen molar-refractivity contribution in [2.75, 3.05) is 5.32 Å². The third kappa shape index (κ3) is 2.90. The van der Waals surface area contributed by atoms with Gasteiger partial charge in [-0.15, -0.1) is 5.10 Å². The minimum absolute atomic E-state index is 0. The van der Waals surface area contributed by atoms with Crippen molar-refractivity contribution in [2.45, 2.75) is 13.3 Å². The number of rotatable bonds is 4. The Morgan fingerprint density at radius 2 is 2.11 bits per heavy atom. The molecule has 4 heterocycles. The van der Waals surface area contributed by atoms with E-state index in [1.54, 1.807) is 16.8 Å². The van der Waals surface area contributed by atoms with Gasteiger partial charge in [0.15, 0.2) is 5.65 Å². The van der Waals surface area contributed by atoms with Gasteiger partial charge in [-0.2, -0.15) is 10.1 Å². The zero-order valence-electron chi connectivity index (χ0n) is 15.1. The van der Waals surface area contributed by atoms with Crippen molar-refractivity contribution in [3.05, 3.63) is 82.0 Å². The number of anilines is 2. The number of aromatic amines is 2. The zero-order chi connectivity index (χ0) is 19.1. The van der Waals surface area contributed by atoms with Gasteiger partial charge in [-0.1, -0.05) is 6.07 Å². The molecule has 0 aliphatic carbocycles. The SMILES string of the molecule is Cc1[nH]nc2cc(Nc3nc4cccc(Cc5cc[nH]c(=O)c5)n4n3)ccc12.[HH]. The number of pyridine rings is 2. The normalized spacial score (nSPS) is 11.3. The molecule has 0 aliphatic heterocycles. The number of aromatic nitrogens is 6. The molecule has 0 bridgehead atoms. The maximum atomic E-state index is 11.5. The number of H-pyrrole nitrogens is 2. The number of nitrogens with one attached hydrogen (secondary N) is 3. The van der Waals surface area contributed by atoms with Crippen molar-refractivity contribution < 1.29 is 1.43 Å². The Morgan fingerprint density at radius 1 is 1.18 bits per heavy atom. The van der Waals surface area contributed by atoms with Crippen LogP contribution in [0.2, 0.25) is 0 Å². The number of hydrogen-bond acceptors (Lipinski definition) is 5. The summed E-state index contributed by atoms with van der Waals surface area (Å²) in [4.78, 5) is 18.7. The molecule has 0 amide bonds. The van der Waals surface area contributed by atoms with Crippen molar-refractivity contribution in [1.29, 1.82) is 0 Å². The highest BCUT2D eigenvalue weighted by Crippen LogP contribution is 2.22. The third-order valence-corrected chi connectivity index (χ3v) is 4.66. The minimum Gasteiger partial charge on any atom is -0.329 e. The lowest BCUT2D eigenvalue weighted by Crippen LogP contribution is -2.06. The average Bonchev–Trinajstić information content (AvgIpc) is 3.26. The molecule has 140 valence electrons. The highest BCUT2D eigenvalue weighted by molar-refractivity contribution is 5.84. The van der Waals surface area contributed by atoms with Crippen LogP contribution in [0.25, 0.3) is 16.6 Å². The predicted octanol–water partition coefficient (Wildman–Crippen LogP) is 3.18. The van der Waals surface area contributed by atoms with Gasteiger partial charge in [0.1, 0.15) is 0 Å². The van der Waals surface area contributed by atoms with Crippen LogP contribution in [0.5, 0.6) is 0 Å². The lowest BCUT2D eigenvalue weighted by molar-refractivity contribution is 0.881. The molecule has 0 saturated heterocycles. The van der Waals surface area contributed by atoms with E-state index in [9.17, 15) is 4.79 Å². The van der Waals surface area contributed by atoms with Crippen LogP contribution < -0.4 is 10.9 Å². The van der Waals surface area contributed by atoms with Gasteiger partial charge < -0.3 is 10.3 Å². The molecule has 0 saturated carbocycles. The fraction of sp³-hybridized carbons (Fsp3) is 0.100. The molecule has 28 heavy (non-hydrogen) atoms. The van der Waals surface area contributed by atoms with Crippen LogP contribution in [-0.4, -0.2) is 29.8 Å². The summed E-state index contributed by atoms with van der Waals surface area (Å²) in [7, 11) is 0. The van der Waals surface area contributed by atoms with E-state index in [0.29, 0.717) is 12.4 Å². The van der Waals surface area contributed by atoms with E-state index in [-0.39, 0.29) is 6.99 Å². The monoisotopic (exact) mass is 373 g/mol. The molecule has 0 radical (unpaired) electrons. The van der Waals surface area contributed by atoms with E-state index in [2.05, 4.69) is 30.6 Å². The highest BCUT2D eigenvalue weighted by Gasteiger charge is 2.09. The van der Waals surface area contributed by atoms with Gasteiger partial charge in [0.25, 0.3) is 0 Å². The Kier molecular flexibility index (Phi) is 3.68. The van der Waals surface area contributed by atoms with Crippen LogP contribution in [0.3, 0.4) is 0 Å². The van der Waals surface area contributed by atoms with Crippen LogP contribution in [0, 0.1) is 6.92 Å². The van der Waals surface area contributed by atoms with Crippen LogP contribution >= 0.6 is 0 Å². The molecule has 4 aromatic heterocycles. The van der Waals surface area contributed by atoms with Gasteiger partial charge in [0, 0.05) is 42.6 Å². The smallest absolute Gasteiger partial charge is 0.248 e. The molecule has 5 aromatic rings. The molecule has 0 aliphatic rings. The van der Waals surface area contributed by atoms with Gasteiger partial charge in [-0.05, 0) is 48.9 Å². The maximum absolute atomic E-state index is 11.5. The van der Waals surface area contributed by atoms with Gasteiger partial charge in [0.05, 0.1) is 5.52 Å². The zero-order valence-corrected chi connectivity index (χ0v) is 15.1. The van der Waals surface area contributed by atoms with E-state index in [1.165, 1.54) is 0 Å². The fourth-order valence-corrected chi connectivity index (χ4v) is 3.31. The topological polar surface area (TPSA) is 104 Å². The lowest BCUT2D eigenvalue weighted by Gasteiger charge is -2.04. The highest BCUT2D eigenvalue weighted by atomic mass is 16.1. The van der Waals surface area contributed by atoms with Gasteiger partial charge >= 0.3 is 0 Å². The molecule has 0 unspecified atom stereocenters. The van der Waals surface area contributed by atoms with Crippen LogP contribution in [-0.2, 0) is 6.42 Å². The summed E-state index contributed by atoms with van der Waals surface area (Å²) in [5.74, 6) is 0.505. The first-order valence-corrected chi connectivity index (χ1v) is 8.90. The van der Waals surface area contributed by atoms with Crippen molar-refractivity contribution in [1.82, 2.24) is 29.8 Å². The number of aryl methyl sites for hydroxylation is 1. The minimum atomic E-state index is -0.116. The van der Waals surface area contributed by atoms with Crippen molar-refractivity contribution >= 4 is 28.2 Å². The Balaban J connectivity index is 0.00000205. The number of nitrogens with zero attached hydrogens (tertiary/aromatic N) is 4. The van der Waals surface area contributed by atoms with Crippen LogP contribution in [0.4, 0.5) is 11.6 Å². The van der Waals surface area contributed by atoms with Crippen molar-refractivity contribution in [2.24, 2.45) is 0 Å². The Morgan fingerprint density at radius 3 is 3.00 bits per heavy atom. The van der Waals surface area contributed by atoms with E-state index >= 15 is 0 Å². The largest absolute Gasteiger partial charge is 0.329 e. The van der Waals surface area contributed by atoms with Gasteiger partial charge in [-0.25, -0.2) is 4.52 Å². The van der Waals surface area contributed by atoms with Crippen molar-refractivity contribution in [3.8, 4) is 0 Å². The molecular weight excluding hydrogens is 354 g/mol. The summed E-state index contributed by atoms with van der Waals surface area (Å²) in [5, 5.41) is 16.2. The first-order valence-electron chi connectivity index (χ1n) is 8.90. The standard InChI is InChI=1S/C20H17N7O.H2/c1-12-16-6-5-14(11-17(16)25-24-12)22-20-23-18-4-2-3-15(27(18)26-20)9-13-7-8-21-19(28)10-13;/h2-8,10-11H,9H2,1H3,(H,21,28)(H,22,26)(H,24,25);1H. The lowest BCUT2D eigenvalue weighted by atomic mass is 10.1. The van der Waals surface area contributed by atoms with Crippen molar-refractivity contribution in [3.63, 3.8) is 0 Å². The van der Waals surface area contributed by atoms with E-state index in [1.807, 2.05) is 49.4 Å². The molecule has 0 atom stereocenters. The second-order valence-electron chi connectivity index (χ2n) is 6.67. The molecule has 3 N–H and O–H groups in total. The summed E-state index contributed by atoms with van der Waals surface area (Å²) in [6, 6.07) is 15.3. The predicted molar refractivity (Wildman–Crippen MR) is 109 cm³/mol. The molecular formula is C20H19N7O. The molecule has 0 fully saturated rings.